The van der Waals surface area contributed by atoms with Crippen LogP contribution in [0, 0.1) is 11.8 Å². The van der Waals surface area contributed by atoms with E-state index in [4.69, 9.17) is 0 Å². The number of nitrogens with zero attached hydrogens (tertiary/aromatic N) is 2. The molecule has 216 valence electrons. The number of carbonyl (C=O) groups excluding carboxylic acids is 4. The smallest absolute Gasteiger partial charge is 0.245 e. The fourth-order valence-corrected chi connectivity index (χ4v) is 5.21. The fourth-order valence-electron chi connectivity index (χ4n) is 5.21. The molecular formula is C32H44N4O4. The molecule has 1 aliphatic rings. The Morgan fingerprint density at radius 2 is 0.925 bits per heavy atom. The summed E-state index contributed by atoms with van der Waals surface area (Å²) in [6.07, 6.45) is 1.37. The first-order valence-corrected chi connectivity index (χ1v) is 14.2. The molecule has 3 rings (SSSR count). The first-order valence-electron chi connectivity index (χ1n) is 14.2. The van der Waals surface area contributed by atoms with Gasteiger partial charge in [0.1, 0.15) is 24.2 Å². The van der Waals surface area contributed by atoms with Crippen LogP contribution >= 0.6 is 0 Å². The van der Waals surface area contributed by atoms with E-state index in [0.717, 1.165) is 11.1 Å². The third-order valence-corrected chi connectivity index (χ3v) is 7.42. The molecule has 8 heteroatoms. The zero-order valence-electron chi connectivity index (χ0n) is 24.6. The van der Waals surface area contributed by atoms with Crippen LogP contribution in [0.25, 0.3) is 0 Å². The zero-order chi connectivity index (χ0) is 29.4. The Hall–Kier alpha value is -3.68. The van der Waals surface area contributed by atoms with E-state index in [0.29, 0.717) is 12.8 Å². The highest BCUT2D eigenvalue weighted by Crippen LogP contribution is 2.18. The van der Waals surface area contributed by atoms with Gasteiger partial charge >= 0.3 is 0 Å². The maximum atomic E-state index is 13.9. The standard InChI is InChI=1S/C32H44N4O4/c1-21(2)17-25-31(39)35(5)28(20-24-15-11-8-12-16-24)30(38)34-26(18-22(3)4)32(40)36(6)27(29(37)33-25)19-23-13-9-7-10-14-23/h7-16,21-22,25-28H,17-20H2,1-6H3,(H,33,37)(H,34,38)/t25-,26+,27-,28-/m0/s1. The number of nitrogens with one attached hydrogen (secondary N) is 2. The molecule has 4 atom stereocenters. The lowest BCUT2D eigenvalue weighted by atomic mass is 9.96. The van der Waals surface area contributed by atoms with Gasteiger partial charge in [-0.1, -0.05) is 88.4 Å². The SMILES string of the molecule is CC(C)C[C@@H]1NC(=O)[C@H](Cc2ccccc2)N(C)C(=O)[C@@H](CC(C)C)NC(=O)[C@H](Cc2ccccc2)N(C)C1=O. The molecule has 0 bridgehead atoms. The topological polar surface area (TPSA) is 98.8 Å². The van der Waals surface area contributed by atoms with Crippen molar-refractivity contribution in [2.75, 3.05) is 14.1 Å². The Bertz CT molecular complexity index is 1060. The van der Waals surface area contributed by atoms with Gasteiger partial charge in [-0.25, -0.2) is 0 Å². The number of carbonyl (C=O) groups is 4. The average Bonchev–Trinajstić information content (AvgIpc) is 2.92. The summed E-state index contributed by atoms with van der Waals surface area (Å²) >= 11 is 0. The van der Waals surface area contributed by atoms with Crippen LogP contribution < -0.4 is 10.6 Å². The van der Waals surface area contributed by atoms with Gasteiger partial charge in [0.05, 0.1) is 0 Å². The van der Waals surface area contributed by atoms with Crippen molar-refractivity contribution < 1.29 is 19.2 Å². The van der Waals surface area contributed by atoms with Gasteiger partial charge in [0, 0.05) is 26.9 Å². The largest absolute Gasteiger partial charge is 0.342 e. The quantitative estimate of drug-likeness (QED) is 0.529. The fraction of sp³-hybridized carbons (Fsp3) is 0.500. The van der Waals surface area contributed by atoms with Gasteiger partial charge in [-0.05, 0) is 35.8 Å². The van der Waals surface area contributed by atoms with Gasteiger partial charge in [0.15, 0.2) is 0 Å². The number of likely N-dealkylation sites (N-methyl/N-ethyl adjacent to an activating group) is 2. The van der Waals surface area contributed by atoms with E-state index in [-0.39, 0.29) is 48.3 Å². The van der Waals surface area contributed by atoms with Gasteiger partial charge in [-0.15, -0.1) is 0 Å². The molecule has 0 saturated carbocycles. The molecule has 0 spiro atoms. The van der Waals surface area contributed by atoms with E-state index in [1.54, 1.807) is 14.1 Å². The molecule has 1 saturated heterocycles. The van der Waals surface area contributed by atoms with E-state index < -0.39 is 24.2 Å². The van der Waals surface area contributed by atoms with Crippen LogP contribution in [0.2, 0.25) is 0 Å². The van der Waals surface area contributed by atoms with E-state index >= 15 is 0 Å². The molecule has 2 N–H and O–H groups in total. The van der Waals surface area contributed by atoms with Gasteiger partial charge in [-0.3, -0.25) is 19.2 Å². The summed E-state index contributed by atoms with van der Waals surface area (Å²) in [6.45, 7) is 7.93. The molecule has 2 aromatic carbocycles. The summed E-state index contributed by atoms with van der Waals surface area (Å²) < 4.78 is 0. The van der Waals surface area contributed by atoms with Crippen molar-refractivity contribution >= 4 is 23.6 Å². The highest BCUT2D eigenvalue weighted by atomic mass is 16.2. The molecule has 0 aliphatic carbocycles. The third kappa shape index (κ3) is 8.16. The van der Waals surface area contributed by atoms with Crippen molar-refractivity contribution in [3.63, 3.8) is 0 Å². The molecule has 40 heavy (non-hydrogen) atoms. The van der Waals surface area contributed by atoms with Crippen LogP contribution in [0.5, 0.6) is 0 Å². The monoisotopic (exact) mass is 548 g/mol. The second kappa shape index (κ2) is 14.1. The van der Waals surface area contributed by atoms with Gasteiger partial charge in [0.25, 0.3) is 0 Å². The molecule has 0 radical (unpaired) electrons. The second-order valence-corrected chi connectivity index (χ2v) is 11.7. The lowest BCUT2D eigenvalue weighted by Crippen LogP contribution is -2.62. The first kappa shape index (κ1) is 30.9. The van der Waals surface area contributed by atoms with E-state index in [1.165, 1.54) is 9.80 Å². The van der Waals surface area contributed by atoms with Crippen molar-refractivity contribution in [1.82, 2.24) is 20.4 Å². The number of benzene rings is 2. The predicted octanol–water partition coefficient (Wildman–Crippen LogP) is 3.20. The highest BCUT2D eigenvalue weighted by Gasteiger charge is 2.39. The summed E-state index contributed by atoms with van der Waals surface area (Å²) in [5.74, 6) is -1.21. The minimum Gasteiger partial charge on any atom is -0.342 e. The molecule has 0 unspecified atom stereocenters. The second-order valence-electron chi connectivity index (χ2n) is 11.7. The maximum absolute atomic E-state index is 13.9. The summed E-state index contributed by atoms with van der Waals surface area (Å²) in [5, 5.41) is 5.93. The van der Waals surface area contributed by atoms with Crippen molar-refractivity contribution in [1.29, 1.82) is 0 Å². The zero-order valence-corrected chi connectivity index (χ0v) is 24.6. The maximum Gasteiger partial charge on any atom is 0.245 e. The average molecular weight is 549 g/mol. The summed E-state index contributed by atoms with van der Waals surface area (Å²) in [7, 11) is 3.21. The van der Waals surface area contributed by atoms with Crippen LogP contribution in [-0.4, -0.2) is 71.7 Å². The normalized spacial score (nSPS) is 23.1. The minimum absolute atomic E-state index is 0.110. The lowest BCUT2D eigenvalue weighted by molar-refractivity contribution is -0.148. The summed E-state index contributed by atoms with van der Waals surface area (Å²) in [5.41, 5.74) is 1.79. The molecule has 1 heterocycles. The van der Waals surface area contributed by atoms with Crippen molar-refractivity contribution in [2.24, 2.45) is 11.8 Å². The van der Waals surface area contributed by atoms with Gasteiger partial charge in [0.2, 0.25) is 23.6 Å². The highest BCUT2D eigenvalue weighted by molar-refractivity contribution is 5.97. The van der Waals surface area contributed by atoms with E-state index in [1.807, 2.05) is 88.4 Å². The van der Waals surface area contributed by atoms with Crippen LogP contribution in [0.3, 0.4) is 0 Å². The predicted molar refractivity (Wildman–Crippen MR) is 156 cm³/mol. The Labute approximate surface area is 238 Å². The minimum atomic E-state index is -0.853. The molecule has 1 aliphatic heterocycles. The summed E-state index contributed by atoms with van der Waals surface area (Å²) in [4.78, 5) is 58.4. The third-order valence-electron chi connectivity index (χ3n) is 7.42. The molecule has 2 aromatic rings. The van der Waals surface area contributed by atoms with Crippen molar-refractivity contribution in [2.45, 2.75) is 77.5 Å². The molecule has 4 amide bonds. The van der Waals surface area contributed by atoms with Gasteiger partial charge < -0.3 is 20.4 Å². The molecule has 8 nitrogen and oxygen atoms in total. The van der Waals surface area contributed by atoms with Gasteiger partial charge in [-0.2, -0.15) is 0 Å². The number of amides is 4. The van der Waals surface area contributed by atoms with Crippen LogP contribution in [0.4, 0.5) is 0 Å². The lowest BCUT2D eigenvalue weighted by Gasteiger charge is -2.37. The molecular weight excluding hydrogens is 504 g/mol. The number of hydrogen-bond donors (Lipinski definition) is 2. The van der Waals surface area contributed by atoms with Crippen LogP contribution in [0.15, 0.2) is 60.7 Å². The van der Waals surface area contributed by atoms with Crippen molar-refractivity contribution in [3.05, 3.63) is 71.8 Å². The van der Waals surface area contributed by atoms with Crippen LogP contribution in [-0.2, 0) is 32.0 Å². The number of hydrogen-bond acceptors (Lipinski definition) is 4. The Kier molecular flexibility index (Phi) is 10.9. The van der Waals surface area contributed by atoms with E-state index in [2.05, 4.69) is 10.6 Å². The van der Waals surface area contributed by atoms with E-state index in [9.17, 15) is 19.2 Å². The Morgan fingerprint density at radius 3 is 1.23 bits per heavy atom. The number of rotatable bonds is 8. The summed E-state index contributed by atoms with van der Waals surface area (Å²) in [6, 6.07) is 15.6. The molecule has 0 aromatic heterocycles. The Balaban J connectivity index is 2.06. The first-order chi connectivity index (χ1) is 19.0. The Morgan fingerprint density at radius 1 is 0.600 bits per heavy atom. The van der Waals surface area contributed by atoms with Crippen LogP contribution in [0.1, 0.15) is 51.7 Å². The molecule has 1 fully saturated rings. The van der Waals surface area contributed by atoms with Crippen molar-refractivity contribution in [3.8, 4) is 0 Å².